The van der Waals surface area contributed by atoms with Crippen LogP contribution in [0.25, 0.3) is 11.1 Å². The lowest BCUT2D eigenvalue weighted by Crippen LogP contribution is -2.25. The summed E-state index contributed by atoms with van der Waals surface area (Å²) in [5.41, 5.74) is 2.54. The van der Waals surface area contributed by atoms with E-state index in [0.717, 1.165) is 17.7 Å². The van der Waals surface area contributed by atoms with Gasteiger partial charge in [0.1, 0.15) is 5.69 Å². The number of hydrogen-bond acceptors (Lipinski definition) is 2. The van der Waals surface area contributed by atoms with Gasteiger partial charge in [-0.1, -0.05) is 42.5 Å². The minimum absolute atomic E-state index is 0.245. The molecule has 7 heteroatoms. The highest BCUT2D eigenvalue weighted by Gasteiger charge is 2.30. The number of fused-ring (bicyclic) bond motifs is 1. The van der Waals surface area contributed by atoms with Crippen molar-refractivity contribution in [2.45, 2.75) is 19.3 Å². The van der Waals surface area contributed by atoms with E-state index in [1.54, 1.807) is 16.7 Å². The zero-order valence-corrected chi connectivity index (χ0v) is 15.2. The first-order valence-corrected chi connectivity index (χ1v) is 8.97. The van der Waals surface area contributed by atoms with E-state index >= 15 is 0 Å². The van der Waals surface area contributed by atoms with E-state index in [0.29, 0.717) is 28.9 Å². The molecule has 0 fully saturated rings. The van der Waals surface area contributed by atoms with Gasteiger partial charge in [-0.15, -0.1) is 0 Å². The van der Waals surface area contributed by atoms with Crippen molar-refractivity contribution in [3.05, 3.63) is 95.4 Å². The summed E-state index contributed by atoms with van der Waals surface area (Å²) in [5.74, 6) is -0.285. The van der Waals surface area contributed by atoms with Gasteiger partial charge in [0.15, 0.2) is 5.58 Å². The standard InChI is InChI=1S/C22H17F3N2O2/c23-22(24,25)17-8-6-16(7-9-17)14-27-18-10-11-29-20(18)12-19(27)21(28)26-13-15-4-2-1-3-5-15/h1-12H,13-14H2,(H,26,28). The van der Waals surface area contributed by atoms with E-state index in [4.69, 9.17) is 4.42 Å². The van der Waals surface area contributed by atoms with Gasteiger partial charge in [-0.25, -0.2) is 0 Å². The molecule has 0 bridgehead atoms. The van der Waals surface area contributed by atoms with Crippen molar-refractivity contribution >= 4 is 17.0 Å². The zero-order valence-electron chi connectivity index (χ0n) is 15.2. The predicted octanol–water partition coefficient (Wildman–Crippen LogP) is 5.23. The van der Waals surface area contributed by atoms with Crippen LogP contribution in [-0.4, -0.2) is 10.5 Å². The molecule has 0 unspecified atom stereocenters. The topological polar surface area (TPSA) is 47.2 Å². The molecule has 4 nitrogen and oxygen atoms in total. The van der Waals surface area contributed by atoms with Crippen LogP contribution < -0.4 is 5.32 Å². The number of halogens is 3. The molecule has 2 heterocycles. The van der Waals surface area contributed by atoms with Crippen molar-refractivity contribution in [3.8, 4) is 0 Å². The lowest BCUT2D eigenvalue weighted by atomic mass is 10.1. The lowest BCUT2D eigenvalue weighted by molar-refractivity contribution is -0.137. The summed E-state index contributed by atoms with van der Waals surface area (Å²) in [5, 5.41) is 2.87. The quantitative estimate of drug-likeness (QED) is 0.500. The highest BCUT2D eigenvalue weighted by Crippen LogP contribution is 2.29. The van der Waals surface area contributed by atoms with E-state index in [1.165, 1.54) is 18.4 Å². The van der Waals surface area contributed by atoms with Gasteiger partial charge in [0.05, 0.1) is 17.3 Å². The molecule has 0 atom stereocenters. The number of hydrogen-bond donors (Lipinski definition) is 1. The van der Waals surface area contributed by atoms with Crippen molar-refractivity contribution in [2.24, 2.45) is 0 Å². The number of amides is 1. The van der Waals surface area contributed by atoms with E-state index in [1.807, 2.05) is 30.3 Å². The molecule has 0 aliphatic heterocycles. The first-order chi connectivity index (χ1) is 13.9. The molecule has 0 spiro atoms. The van der Waals surface area contributed by atoms with Gasteiger partial charge >= 0.3 is 6.18 Å². The van der Waals surface area contributed by atoms with Gasteiger partial charge in [0.2, 0.25) is 0 Å². The summed E-state index contributed by atoms with van der Waals surface area (Å²) >= 11 is 0. The largest absolute Gasteiger partial charge is 0.463 e. The van der Waals surface area contributed by atoms with Crippen LogP contribution in [-0.2, 0) is 19.3 Å². The maximum Gasteiger partial charge on any atom is 0.416 e. The van der Waals surface area contributed by atoms with Gasteiger partial charge in [0, 0.05) is 25.2 Å². The van der Waals surface area contributed by atoms with E-state index in [9.17, 15) is 18.0 Å². The second kappa shape index (κ2) is 7.50. The molecule has 0 saturated heterocycles. The molecule has 2 aromatic carbocycles. The van der Waals surface area contributed by atoms with Crippen molar-refractivity contribution in [1.82, 2.24) is 9.88 Å². The second-order valence-electron chi connectivity index (χ2n) is 6.65. The first kappa shape index (κ1) is 18.9. The Morgan fingerprint density at radius 3 is 2.38 bits per heavy atom. The molecule has 2 aromatic heterocycles. The Hall–Kier alpha value is -3.48. The minimum Gasteiger partial charge on any atom is -0.463 e. The number of carbonyl (C=O) groups excluding carboxylic acids is 1. The van der Waals surface area contributed by atoms with Crippen molar-refractivity contribution < 1.29 is 22.4 Å². The Morgan fingerprint density at radius 2 is 1.69 bits per heavy atom. The second-order valence-corrected chi connectivity index (χ2v) is 6.65. The smallest absolute Gasteiger partial charge is 0.416 e. The molecule has 1 amide bonds. The molecule has 29 heavy (non-hydrogen) atoms. The molecule has 1 N–H and O–H groups in total. The summed E-state index contributed by atoms with van der Waals surface area (Å²) in [4.78, 5) is 12.8. The number of nitrogens with one attached hydrogen (secondary N) is 1. The molecule has 0 saturated carbocycles. The number of rotatable bonds is 5. The molecule has 148 valence electrons. The van der Waals surface area contributed by atoms with Gasteiger partial charge in [-0.05, 0) is 23.3 Å². The Kier molecular flexibility index (Phi) is 4.88. The van der Waals surface area contributed by atoms with E-state index in [2.05, 4.69) is 5.32 Å². The van der Waals surface area contributed by atoms with Crippen LogP contribution in [0.4, 0.5) is 13.2 Å². The fourth-order valence-corrected chi connectivity index (χ4v) is 3.19. The van der Waals surface area contributed by atoms with E-state index in [-0.39, 0.29) is 12.5 Å². The average Bonchev–Trinajstić information content (AvgIpc) is 3.29. The predicted molar refractivity (Wildman–Crippen MR) is 102 cm³/mol. The first-order valence-electron chi connectivity index (χ1n) is 8.97. The highest BCUT2D eigenvalue weighted by atomic mass is 19.4. The molecular formula is C22H17F3N2O2. The van der Waals surface area contributed by atoms with Crippen molar-refractivity contribution in [1.29, 1.82) is 0 Å². The number of benzene rings is 2. The summed E-state index contributed by atoms with van der Waals surface area (Å²) in [6.07, 6.45) is -2.87. The van der Waals surface area contributed by atoms with Crippen LogP contribution in [0.3, 0.4) is 0 Å². The summed E-state index contributed by atoms with van der Waals surface area (Å²) in [6, 6.07) is 17.8. The zero-order chi connectivity index (χ0) is 20.4. The van der Waals surface area contributed by atoms with Crippen LogP contribution in [0.1, 0.15) is 27.2 Å². The molecule has 0 aliphatic rings. The fraction of sp³-hybridized carbons (Fsp3) is 0.136. The lowest BCUT2D eigenvalue weighted by Gasteiger charge is -2.12. The molecule has 0 radical (unpaired) electrons. The number of nitrogens with zero attached hydrogens (tertiary/aromatic N) is 1. The number of aromatic nitrogens is 1. The van der Waals surface area contributed by atoms with Gasteiger partial charge < -0.3 is 14.3 Å². The van der Waals surface area contributed by atoms with E-state index < -0.39 is 11.7 Å². The van der Waals surface area contributed by atoms with Crippen LogP contribution in [0.15, 0.2) is 77.4 Å². The van der Waals surface area contributed by atoms with Gasteiger partial charge in [-0.3, -0.25) is 4.79 Å². The summed E-state index contributed by atoms with van der Waals surface area (Å²) < 4.78 is 45.5. The number of carbonyl (C=O) groups is 1. The Morgan fingerprint density at radius 1 is 0.966 bits per heavy atom. The monoisotopic (exact) mass is 398 g/mol. The molecule has 4 rings (SSSR count). The van der Waals surface area contributed by atoms with Crippen LogP contribution in [0.2, 0.25) is 0 Å². The van der Waals surface area contributed by atoms with Gasteiger partial charge in [0.25, 0.3) is 5.91 Å². The maximum absolute atomic E-state index is 12.8. The minimum atomic E-state index is -4.38. The SMILES string of the molecule is O=C(NCc1ccccc1)c1cc2occc2n1Cc1ccc(C(F)(F)F)cc1. The molecular weight excluding hydrogens is 381 g/mol. The van der Waals surface area contributed by atoms with Gasteiger partial charge in [-0.2, -0.15) is 13.2 Å². The Balaban J connectivity index is 1.58. The summed E-state index contributed by atoms with van der Waals surface area (Å²) in [6.45, 7) is 0.613. The fourth-order valence-electron chi connectivity index (χ4n) is 3.19. The Bertz CT molecular complexity index is 1130. The van der Waals surface area contributed by atoms with Crippen LogP contribution >= 0.6 is 0 Å². The number of furan rings is 1. The summed E-state index contributed by atoms with van der Waals surface area (Å²) in [7, 11) is 0. The van der Waals surface area contributed by atoms with Crippen molar-refractivity contribution in [2.75, 3.05) is 0 Å². The number of alkyl halides is 3. The Labute approximate surface area is 164 Å². The third-order valence-corrected chi connectivity index (χ3v) is 4.67. The maximum atomic E-state index is 12.8. The third-order valence-electron chi connectivity index (χ3n) is 4.67. The highest BCUT2D eigenvalue weighted by molar-refractivity contribution is 5.97. The average molecular weight is 398 g/mol. The normalized spacial score (nSPS) is 11.7. The third kappa shape index (κ3) is 4.03. The molecule has 4 aromatic rings. The van der Waals surface area contributed by atoms with Crippen LogP contribution in [0, 0.1) is 0 Å². The van der Waals surface area contributed by atoms with Crippen molar-refractivity contribution in [3.63, 3.8) is 0 Å². The molecule has 0 aliphatic carbocycles. The van der Waals surface area contributed by atoms with Crippen LogP contribution in [0.5, 0.6) is 0 Å².